The van der Waals surface area contributed by atoms with Crippen molar-refractivity contribution in [2.45, 2.75) is 37.6 Å². The molecule has 0 heterocycles. The maximum absolute atomic E-state index is 6.54. The second kappa shape index (κ2) is 4.15. The second-order valence-corrected chi connectivity index (χ2v) is 6.37. The maximum atomic E-state index is 6.54. The summed E-state index contributed by atoms with van der Waals surface area (Å²) in [7, 11) is 0. The van der Waals surface area contributed by atoms with Gasteiger partial charge in [-0.15, -0.1) is 0 Å². The van der Waals surface area contributed by atoms with Crippen molar-refractivity contribution in [3.05, 3.63) is 33.8 Å². The standard InChI is InChI=1S/C14H17Cl2N/c15-10-6-5-9(13(16)7-10)8-14(17)11-3-1-2-4-12(11)14/h5-7,11-12H,1-4,8,17H2. The maximum Gasteiger partial charge on any atom is 0.0453 e. The van der Waals surface area contributed by atoms with Gasteiger partial charge in [0.1, 0.15) is 0 Å². The van der Waals surface area contributed by atoms with Crippen molar-refractivity contribution in [1.82, 2.24) is 0 Å². The molecule has 2 aliphatic carbocycles. The van der Waals surface area contributed by atoms with Crippen LogP contribution in [0.1, 0.15) is 31.2 Å². The van der Waals surface area contributed by atoms with Gasteiger partial charge in [-0.2, -0.15) is 0 Å². The van der Waals surface area contributed by atoms with E-state index in [4.69, 9.17) is 28.9 Å². The van der Waals surface area contributed by atoms with Crippen LogP contribution >= 0.6 is 23.2 Å². The molecule has 0 aliphatic heterocycles. The van der Waals surface area contributed by atoms with E-state index in [1.54, 1.807) is 0 Å². The molecular formula is C14H17Cl2N. The molecule has 2 atom stereocenters. The SMILES string of the molecule is NC1(Cc2ccc(Cl)cc2Cl)C2CCCCC21. The highest BCUT2D eigenvalue weighted by Crippen LogP contribution is 2.58. The Labute approximate surface area is 112 Å². The van der Waals surface area contributed by atoms with Crippen LogP contribution in [0.25, 0.3) is 0 Å². The van der Waals surface area contributed by atoms with Crippen LogP contribution in [0, 0.1) is 11.8 Å². The molecule has 3 rings (SSSR count). The van der Waals surface area contributed by atoms with Crippen molar-refractivity contribution in [2.24, 2.45) is 17.6 Å². The van der Waals surface area contributed by atoms with E-state index in [0.717, 1.165) is 28.8 Å². The van der Waals surface area contributed by atoms with Gasteiger partial charge in [-0.3, -0.25) is 0 Å². The minimum atomic E-state index is 0.00791. The van der Waals surface area contributed by atoms with E-state index < -0.39 is 0 Å². The van der Waals surface area contributed by atoms with Crippen LogP contribution in [0.4, 0.5) is 0 Å². The zero-order valence-electron chi connectivity index (χ0n) is 9.76. The molecule has 2 aliphatic rings. The fourth-order valence-corrected chi connectivity index (χ4v) is 4.03. The monoisotopic (exact) mass is 269 g/mol. The van der Waals surface area contributed by atoms with Gasteiger partial charge in [-0.1, -0.05) is 42.1 Å². The fourth-order valence-electron chi connectivity index (χ4n) is 3.55. The van der Waals surface area contributed by atoms with E-state index in [9.17, 15) is 0 Å². The highest BCUT2D eigenvalue weighted by Gasteiger charge is 2.61. The zero-order valence-corrected chi connectivity index (χ0v) is 11.3. The van der Waals surface area contributed by atoms with Crippen molar-refractivity contribution in [1.29, 1.82) is 0 Å². The molecule has 0 amide bonds. The number of rotatable bonds is 2. The van der Waals surface area contributed by atoms with E-state index in [1.807, 2.05) is 18.2 Å². The molecule has 92 valence electrons. The number of hydrogen-bond donors (Lipinski definition) is 1. The first-order valence-electron chi connectivity index (χ1n) is 6.34. The Kier molecular flexibility index (Phi) is 2.89. The minimum absolute atomic E-state index is 0.00791. The molecule has 1 aromatic carbocycles. The highest BCUT2D eigenvalue weighted by atomic mass is 35.5. The first kappa shape index (κ1) is 11.8. The van der Waals surface area contributed by atoms with Gasteiger partial charge in [0.15, 0.2) is 0 Å². The summed E-state index contributed by atoms with van der Waals surface area (Å²) in [5.74, 6) is 1.45. The number of fused-ring (bicyclic) bond motifs is 1. The third-order valence-corrected chi connectivity index (χ3v) is 5.14. The molecule has 17 heavy (non-hydrogen) atoms. The van der Waals surface area contributed by atoms with Crippen LogP contribution in [0.2, 0.25) is 10.0 Å². The van der Waals surface area contributed by atoms with Gasteiger partial charge >= 0.3 is 0 Å². The Bertz CT molecular complexity index is 432. The van der Waals surface area contributed by atoms with E-state index in [2.05, 4.69) is 0 Å². The molecule has 0 aromatic heterocycles. The van der Waals surface area contributed by atoms with Crippen LogP contribution in [-0.4, -0.2) is 5.54 Å². The lowest BCUT2D eigenvalue weighted by molar-refractivity contribution is 0.480. The lowest BCUT2D eigenvalue weighted by Gasteiger charge is -2.13. The molecule has 0 saturated heterocycles. The van der Waals surface area contributed by atoms with Crippen molar-refractivity contribution in [3.8, 4) is 0 Å². The molecule has 3 heteroatoms. The molecule has 0 spiro atoms. The molecule has 2 unspecified atom stereocenters. The third kappa shape index (κ3) is 1.99. The quantitative estimate of drug-likeness (QED) is 0.861. The van der Waals surface area contributed by atoms with Crippen molar-refractivity contribution < 1.29 is 0 Å². The molecular weight excluding hydrogens is 253 g/mol. The first-order chi connectivity index (χ1) is 8.11. The van der Waals surface area contributed by atoms with Gasteiger partial charge in [0.05, 0.1) is 0 Å². The molecule has 0 bridgehead atoms. The summed E-state index contributed by atoms with van der Waals surface area (Å²) in [6, 6.07) is 5.73. The largest absolute Gasteiger partial charge is 0.324 e. The topological polar surface area (TPSA) is 26.0 Å². The number of halogens is 2. The summed E-state index contributed by atoms with van der Waals surface area (Å²) >= 11 is 12.1. The molecule has 1 nitrogen and oxygen atoms in total. The van der Waals surface area contributed by atoms with Crippen LogP contribution in [-0.2, 0) is 6.42 Å². The normalized spacial score (nSPS) is 35.5. The van der Waals surface area contributed by atoms with Crippen molar-refractivity contribution in [3.63, 3.8) is 0 Å². The number of hydrogen-bond acceptors (Lipinski definition) is 1. The Morgan fingerprint density at radius 3 is 2.41 bits per heavy atom. The van der Waals surface area contributed by atoms with Gasteiger partial charge in [-0.25, -0.2) is 0 Å². The molecule has 2 N–H and O–H groups in total. The number of benzene rings is 1. The Hall–Kier alpha value is -0.240. The van der Waals surface area contributed by atoms with Crippen LogP contribution in [0.5, 0.6) is 0 Å². The van der Waals surface area contributed by atoms with Gasteiger partial charge < -0.3 is 5.73 Å². The lowest BCUT2D eigenvalue weighted by atomic mass is 10.0. The van der Waals surface area contributed by atoms with Crippen molar-refractivity contribution in [2.75, 3.05) is 0 Å². The van der Waals surface area contributed by atoms with E-state index in [1.165, 1.54) is 25.7 Å². The Morgan fingerprint density at radius 2 is 1.82 bits per heavy atom. The van der Waals surface area contributed by atoms with Crippen LogP contribution in [0.15, 0.2) is 18.2 Å². The highest BCUT2D eigenvalue weighted by molar-refractivity contribution is 6.35. The number of nitrogens with two attached hydrogens (primary N) is 1. The lowest BCUT2D eigenvalue weighted by Crippen LogP contribution is -2.29. The zero-order chi connectivity index (χ0) is 12.0. The second-order valence-electron chi connectivity index (χ2n) is 5.52. The van der Waals surface area contributed by atoms with Gasteiger partial charge in [-0.05, 0) is 48.8 Å². The van der Waals surface area contributed by atoms with E-state index >= 15 is 0 Å². The molecule has 1 aromatic rings. The summed E-state index contributed by atoms with van der Waals surface area (Å²) in [6.45, 7) is 0. The van der Waals surface area contributed by atoms with E-state index in [-0.39, 0.29) is 5.54 Å². The summed E-state index contributed by atoms with van der Waals surface area (Å²) in [4.78, 5) is 0. The predicted octanol–water partition coefficient (Wildman–Crippen LogP) is 4.05. The van der Waals surface area contributed by atoms with Gasteiger partial charge in [0, 0.05) is 15.6 Å². The average molecular weight is 270 g/mol. The molecule has 0 radical (unpaired) electrons. The predicted molar refractivity (Wildman–Crippen MR) is 72.5 cm³/mol. The van der Waals surface area contributed by atoms with Crippen molar-refractivity contribution >= 4 is 23.2 Å². The van der Waals surface area contributed by atoms with Gasteiger partial charge in [0.25, 0.3) is 0 Å². The Balaban J connectivity index is 1.79. The van der Waals surface area contributed by atoms with Crippen LogP contribution < -0.4 is 5.73 Å². The smallest absolute Gasteiger partial charge is 0.0453 e. The molecule has 2 saturated carbocycles. The fraction of sp³-hybridized carbons (Fsp3) is 0.571. The summed E-state index contributed by atoms with van der Waals surface area (Å²) in [5, 5.41) is 1.45. The van der Waals surface area contributed by atoms with Crippen LogP contribution in [0.3, 0.4) is 0 Å². The van der Waals surface area contributed by atoms with E-state index in [0.29, 0.717) is 5.02 Å². The first-order valence-corrected chi connectivity index (χ1v) is 7.09. The minimum Gasteiger partial charge on any atom is -0.324 e. The summed E-state index contributed by atoms with van der Waals surface area (Å²) < 4.78 is 0. The third-order valence-electron chi connectivity index (χ3n) is 4.55. The van der Waals surface area contributed by atoms with Gasteiger partial charge in [0.2, 0.25) is 0 Å². The Morgan fingerprint density at radius 1 is 1.18 bits per heavy atom. The molecule has 2 fully saturated rings. The summed E-state index contributed by atoms with van der Waals surface area (Å²) in [5.41, 5.74) is 7.70. The average Bonchev–Trinajstić information content (AvgIpc) is 2.90. The summed E-state index contributed by atoms with van der Waals surface area (Å²) in [6.07, 6.45) is 6.18.